The molecule has 0 saturated carbocycles. The summed E-state index contributed by atoms with van der Waals surface area (Å²) < 4.78 is 15.0. The molecule has 7 heteroatoms. The molecule has 1 N–H and O–H groups in total. The fourth-order valence-corrected chi connectivity index (χ4v) is 14.2. The number of hydrogen-bond donors (Lipinski definition) is 1. The van der Waals surface area contributed by atoms with Crippen molar-refractivity contribution in [2.45, 2.75) is 50.4 Å². The summed E-state index contributed by atoms with van der Waals surface area (Å²) in [5.41, 5.74) is 0. The third-order valence-corrected chi connectivity index (χ3v) is 14.3. The molecular formula is C10H24NO3PSi2. The molecule has 4 nitrogen and oxygen atoms in total. The minimum absolute atomic E-state index is 0.205. The van der Waals surface area contributed by atoms with Crippen LogP contribution in [0.5, 0.6) is 0 Å². The second kappa shape index (κ2) is 5.81. The number of nitrogens with zero attached hydrogens (tertiary/aromatic N) is 1. The van der Waals surface area contributed by atoms with E-state index in [2.05, 4.69) is 45.4 Å². The van der Waals surface area contributed by atoms with Gasteiger partial charge in [0.25, 0.3) is 0 Å². The highest BCUT2D eigenvalue weighted by Gasteiger charge is 2.52. The molecule has 0 aromatic heterocycles. The first-order chi connectivity index (χ1) is 7.48. The van der Waals surface area contributed by atoms with Gasteiger partial charge in [0.2, 0.25) is 0 Å². The topological polar surface area (TPSA) is 70.3 Å². The SMILES string of the molecule is C[Si](C)(C)C(C#N)(CCO[PH](=O)O)[Si](C)(C)C. The summed E-state index contributed by atoms with van der Waals surface area (Å²) in [6.07, 6.45) is 0.575. The predicted octanol–water partition coefficient (Wildman–Crippen LogP) is 3.25. The second-order valence-electron chi connectivity index (χ2n) is 6.38. The summed E-state index contributed by atoms with van der Waals surface area (Å²) in [7, 11) is -6.28. The third kappa shape index (κ3) is 4.04. The lowest BCUT2D eigenvalue weighted by atomic mass is 10.3. The second-order valence-corrected chi connectivity index (χ2v) is 18.4. The van der Waals surface area contributed by atoms with Gasteiger partial charge < -0.3 is 9.42 Å². The summed E-state index contributed by atoms with van der Waals surface area (Å²) in [6, 6.07) is 2.54. The predicted molar refractivity (Wildman–Crippen MR) is 76.8 cm³/mol. The van der Waals surface area contributed by atoms with Crippen LogP contribution in [0.3, 0.4) is 0 Å². The average molecular weight is 293 g/mol. The van der Waals surface area contributed by atoms with Crippen LogP contribution in [-0.4, -0.2) is 27.6 Å². The van der Waals surface area contributed by atoms with Crippen LogP contribution >= 0.6 is 8.25 Å². The standard InChI is InChI=1S/C10H24NO3PSi2/c1-16(2,3)10(9-11,17(4,5)6)7-8-14-15(12)13/h15H,7-8H2,1-6H3,(H,12,13). The summed E-state index contributed by atoms with van der Waals surface area (Å²) >= 11 is 0. The molecule has 0 saturated heterocycles. The smallest absolute Gasteiger partial charge is 0.316 e. The van der Waals surface area contributed by atoms with E-state index in [1.165, 1.54) is 0 Å². The summed E-state index contributed by atoms with van der Waals surface area (Å²) in [6.45, 7) is 13.4. The largest absolute Gasteiger partial charge is 0.326 e. The maximum absolute atomic E-state index is 10.6. The van der Waals surface area contributed by atoms with Gasteiger partial charge in [-0.3, -0.25) is 4.57 Å². The van der Waals surface area contributed by atoms with Gasteiger partial charge in [-0.15, -0.1) is 0 Å². The van der Waals surface area contributed by atoms with Crippen molar-refractivity contribution in [1.82, 2.24) is 0 Å². The molecule has 0 aliphatic heterocycles. The molecule has 100 valence electrons. The van der Waals surface area contributed by atoms with Crippen LogP contribution in [-0.2, 0) is 9.09 Å². The van der Waals surface area contributed by atoms with Crippen LogP contribution in [0.15, 0.2) is 0 Å². The van der Waals surface area contributed by atoms with E-state index in [1.54, 1.807) is 0 Å². The van der Waals surface area contributed by atoms with Gasteiger partial charge in [-0.1, -0.05) is 39.3 Å². The van der Waals surface area contributed by atoms with Gasteiger partial charge in [0, 0.05) is 4.66 Å². The monoisotopic (exact) mass is 293 g/mol. The molecule has 1 atom stereocenters. The van der Waals surface area contributed by atoms with Crippen molar-refractivity contribution in [3.05, 3.63) is 0 Å². The molecule has 0 aliphatic carbocycles. The average Bonchev–Trinajstić information content (AvgIpc) is 2.07. The van der Waals surface area contributed by atoms with E-state index in [0.29, 0.717) is 6.42 Å². The molecule has 0 spiro atoms. The highest BCUT2D eigenvalue weighted by atomic mass is 31.1. The molecule has 0 heterocycles. The molecule has 0 aliphatic rings. The van der Waals surface area contributed by atoms with Gasteiger partial charge >= 0.3 is 8.25 Å². The van der Waals surface area contributed by atoms with E-state index in [-0.39, 0.29) is 11.3 Å². The van der Waals surface area contributed by atoms with E-state index in [9.17, 15) is 9.83 Å². The zero-order chi connectivity index (χ0) is 13.9. The van der Waals surface area contributed by atoms with Crippen molar-refractivity contribution in [1.29, 1.82) is 5.26 Å². The molecule has 0 bridgehead atoms. The first kappa shape index (κ1) is 17.1. The minimum Gasteiger partial charge on any atom is -0.326 e. The Morgan fingerprint density at radius 3 is 1.88 bits per heavy atom. The Kier molecular flexibility index (Phi) is 5.83. The number of nitriles is 1. The zero-order valence-electron chi connectivity index (χ0n) is 11.6. The summed E-state index contributed by atoms with van der Waals surface area (Å²) in [4.78, 5) is 8.69. The van der Waals surface area contributed by atoms with Crippen LogP contribution in [0.2, 0.25) is 43.9 Å². The Morgan fingerprint density at radius 2 is 1.65 bits per heavy atom. The normalized spacial score (nSPS) is 15.4. The van der Waals surface area contributed by atoms with Gasteiger partial charge in [-0.2, -0.15) is 5.26 Å². The van der Waals surface area contributed by atoms with E-state index in [4.69, 9.17) is 9.42 Å². The van der Waals surface area contributed by atoms with Crippen molar-refractivity contribution in [3.63, 3.8) is 0 Å². The highest BCUT2D eigenvalue weighted by Crippen LogP contribution is 2.49. The summed E-state index contributed by atoms with van der Waals surface area (Å²) in [5.74, 6) is 0. The van der Waals surface area contributed by atoms with Gasteiger partial charge in [0.05, 0.1) is 28.8 Å². The Bertz CT molecular complexity index is 314. The fourth-order valence-electron chi connectivity index (χ4n) is 2.56. The van der Waals surface area contributed by atoms with Crippen molar-refractivity contribution in [3.8, 4) is 6.07 Å². The molecular weight excluding hydrogens is 269 g/mol. The molecule has 0 aromatic rings. The van der Waals surface area contributed by atoms with Crippen LogP contribution in [0, 0.1) is 11.3 Å². The third-order valence-electron chi connectivity index (χ3n) is 3.45. The molecule has 17 heavy (non-hydrogen) atoms. The van der Waals surface area contributed by atoms with Crippen LogP contribution in [0.4, 0.5) is 0 Å². The Balaban J connectivity index is 5.13. The molecule has 0 fully saturated rings. The van der Waals surface area contributed by atoms with Gasteiger partial charge in [-0.25, -0.2) is 0 Å². The van der Waals surface area contributed by atoms with E-state index in [0.717, 1.165) is 0 Å². The van der Waals surface area contributed by atoms with E-state index < -0.39 is 24.4 Å². The lowest BCUT2D eigenvalue weighted by Gasteiger charge is -2.46. The number of rotatable bonds is 6. The molecule has 0 radical (unpaired) electrons. The van der Waals surface area contributed by atoms with Crippen LogP contribution in [0.25, 0.3) is 0 Å². The fraction of sp³-hybridized carbons (Fsp3) is 0.900. The Labute approximate surface area is 107 Å². The minimum atomic E-state index is -2.88. The molecule has 0 rings (SSSR count). The van der Waals surface area contributed by atoms with Crippen molar-refractivity contribution >= 4 is 24.4 Å². The Hall–Kier alpha value is 0.0738. The van der Waals surface area contributed by atoms with Crippen LogP contribution < -0.4 is 0 Å². The van der Waals surface area contributed by atoms with Gasteiger partial charge in [0.1, 0.15) is 0 Å². The Morgan fingerprint density at radius 1 is 1.24 bits per heavy atom. The lowest BCUT2D eigenvalue weighted by Crippen LogP contribution is -2.54. The van der Waals surface area contributed by atoms with Gasteiger partial charge in [-0.05, 0) is 6.42 Å². The maximum Gasteiger partial charge on any atom is 0.316 e. The summed E-state index contributed by atoms with van der Waals surface area (Å²) in [5, 5.41) is 9.64. The molecule has 0 aromatic carbocycles. The number of hydrogen-bond acceptors (Lipinski definition) is 3. The van der Waals surface area contributed by atoms with E-state index >= 15 is 0 Å². The van der Waals surface area contributed by atoms with Crippen LogP contribution in [0.1, 0.15) is 6.42 Å². The highest BCUT2D eigenvalue weighted by molar-refractivity contribution is 7.32. The van der Waals surface area contributed by atoms with Crippen molar-refractivity contribution in [2.24, 2.45) is 0 Å². The maximum atomic E-state index is 10.6. The molecule has 0 amide bonds. The first-order valence-electron chi connectivity index (χ1n) is 5.75. The van der Waals surface area contributed by atoms with Gasteiger partial charge in [0.15, 0.2) is 0 Å². The zero-order valence-corrected chi connectivity index (χ0v) is 14.6. The first-order valence-corrected chi connectivity index (χ1v) is 14.0. The lowest BCUT2D eigenvalue weighted by molar-refractivity contribution is 0.274. The quantitative estimate of drug-likeness (QED) is 0.603. The van der Waals surface area contributed by atoms with Crippen molar-refractivity contribution < 1.29 is 14.0 Å². The van der Waals surface area contributed by atoms with E-state index in [1.807, 2.05) is 0 Å². The van der Waals surface area contributed by atoms with Crippen molar-refractivity contribution in [2.75, 3.05) is 6.61 Å². The molecule has 1 unspecified atom stereocenters.